The summed E-state index contributed by atoms with van der Waals surface area (Å²) in [6, 6.07) is 12.5. The lowest BCUT2D eigenvalue weighted by Gasteiger charge is -2.20. The van der Waals surface area contributed by atoms with Gasteiger partial charge in [-0.2, -0.15) is 8.75 Å². The number of carbonyl (C=O) groups is 2. The van der Waals surface area contributed by atoms with Crippen LogP contribution in [0.1, 0.15) is 39.6 Å². The zero-order chi connectivity index (χ0) is 22.2. The first-order chi connectivity index (χ1) is 15.5. The van der Waals surface area contributed by atoms with Crippen molar-refractivity contribution < 1.29 is 19.4 Å². The van der Waals surface area contributed by atoms with E-state index < -0.39 is 0 Å². The van der Waals surface area contributed by atoms with E-state index in [0.29, 0.717) is 48.8 Å². The van der Waals surface area contributed by atoms with Gasteiger partial charge in [0.25, 0.3) is 5.91 Å². The van der Waals surface area contributed by atoms with Crippen molar-refractivity contribution in [1.29, 1.82) is 0 Å². The molecule has 32 heavy (non-hydrogen) atoms. The first-order valence-corrected chi connectivity index (χ1v) is 11.2. The van der Waals surface area contributed by atoms with Gasteiger partial charge in [-0.15, -0.1) is 0 Å². The van der Waals surface area contributed by atoms with Gasteiger partial charge in [0.05, 0.1) is 23.5 Å². The van der Waals surface area contributed by atoms with Gasteiger partial charge in [-0.05, 0) is 48.7 Å². The molecule has 0 aliphatic carbocycles. The predicted octanol–water partition coefficient (Wildman–Crippen LogP) is 3.02. The SMILES string of the molecule is Cc1nsnc1C(=O)N1C[C@H]2NC(=O)CCc3ccc(O)c(c3)Oc3cccc(c3)[C@@H]2C1. The van der Waals surface area contributed by atoms with Crippen LogP contribution in [-0.2, 0) is 11.2 Å². The molecule has 3 heterocycles. The quantitative estimate of drug-likeness (QED) is 0.591. The van der Waals surface area contributed by atoms with Gasteiger partial charge < -0.3 is 20.1 Å². The number of carbonyl (C=O) groups excluding carboxylic acids is 2. The fourth-order valence-corrected chi connectivity index (χ4v) is 4.84. The molecule has 1 saturated heterocycles. The van der Waals surface area contributed by atoms with E-state index in [-0.39, 0.29) is 29.5 Å². The van der Waals surface area contributed by atoms with E-state index in [1.807, 2.05) is 24.3 Å². The van der Waals surface area contributed by atoms with Gasteiger partial charge in [-0.3, -0.25) is 9.59 Å². The van der Waals surface area contributed by atoms with E-state index in [1.54, 1.807) is 30.0 Å². The average molecular weight is 451 g/mol. The second kappa shape index (κ2) is 8.23. The summed E-state index contributed by atoms with van der Waals surface area (Å²) in [5, 5.41) is 13.3. The summed E-state index contributed by atoms with van der Waals surface area (Å²) in [5.41, 5.74) is 2.82. The average Bonchev–Trinajstić information content (AvgIpc) is 3.40. The normalized spacial score (nSPS) is 20.3. The van der Waals surface area contributed by atoms with Crippen LogP contribution in [0.3, 0.4) is 0 Å². The van der Waals surface area contributed by atoms with Gasteiger partial charge in [-0.1, -0.05) is 18.2 Å². The summed E-state index contributed by atoms with van der Waals surface area (Å²) in [6.45, 7) is 2.61. The number of fused-ring (bicyclic) bond motifs is 6. The Morgan fingerprint density at radius 2 is 2.06 bits per heavy atom. The molecule has 2 amide bonds. The van der Waals surface area contributed by atoms with Crippen LogP contribution in [0.2, 0.25) is 0 Å². The Labute approximate surface area is 189 Å². The van der Waals surface area contributed by atoms with Crippen LogP contribution in [0.25, 0.3) is 0 Å². The van der Waals surface area contributed by atoms with Crippen LogP contribution in [0, 0.1) is 6.92 Å². The molecule has 0 saturated carbocycles. The maximum atomic E-state index is 13.1. The highest BCUT2D eigenvalue weighted by Crippen LogP contribution is 2.35. The Morgan fingerprint density at radius 1 is 1.19 bits per heavy atom. The minimum Gasteiger partial charge on any atom is -0.504 e. The lowest BCUT2D eigenvalue weighted by molar-refractivity contribution is -0.121. The molecule has 0 unspecified atom stereocenters. The Balaban J connectivity index is 1.49. The largest absolute Gasteiger partial charge is 0.504 e. The zero-order valence-electron chi connectivity index (χ0n) is 17.4. The number of amides is 2. The number of aryl methyl sites for hydroxylation is 2. The Hall–Kier alpha value is -3.46. The molecule has 1 fully saturated rings. The summed E-state index contributed by atoms with van der Waals surface area (Å²) < 4.78 is 14.2. The second-order valence-electron chi connectivity index (χ2n) is 8.17. The van der Waals surface area contributed by atoms with Gasteiger partial charge >= 0.3 is 0 Å². The molecule has 2 atom stereocenters. The number of ether oxygens (including phenoxy) is 1. The van der Waals surface area contributed by atoms with Crippen molar-refractivity contribution in [1.82, 2.24) is 19.0 Å². The number of aromatic nitrogens is 2. The number of aromatic hydroxyl groups is 1. The van der Waals surface area contributed by atoms with Gasteiger partial charge in [0.15, 0.2) is 17.2 Å². The summed E-state index contributed by atoms with van der Waals surface area (Å²) in [6.07, 6.45) is 0.817. The number of benzene rings is 2. The third kappa shape index (κ3) is 3.91. The van der Waals surface area contributed by atoms with Crippen molar-refractivity contribution in [2.24, 2.45) is 0 Å². The maximum absolute atomic E-state index is 13.1. The molecular weight excluding hydrogens is 428 g/mol. The molecule has 8 nitrogen and oxygen atoms in total. The summed E-state index contributed by atoms with van der Waals surface area (Å²) >= 11 is 1.02. The topological polar surface area (TPSA) is 105 Å². The first kappa shape index (κ1) is 20.4. The number of phenolic OH excluding ortho intramolecular Hbond substituents is 1. The summed E-state index contributed by atoms with van der Waals surface area (Å²) in [4.78, 5) is 27.5. The van der Waals surface area contributed by atoms with Crippen molar-refractivity contribution in [3.63, 3.8) is 0 Å². The smallest absolute Gasteiger partial charge is 0.275 e. The molecule has 9 heteroatoms. The zero-order valence-corrected chi connectivity index (χ0v) is 18.3. The van der Waals surface area contributed by atoms with Crippen LogP contribution in [-0.4, -0.2) is 49.7 Å². The van der Waals surface area contributed by atoms with E-state index in [9.17, 15) is 14.7 Å². The molecule has 0 radical (unpaired) electrons. The number of rotatable bonds is 1. The maximum Gasteiger partial charge on any atom is 0.275 e. The molecule has 2 aliphatic heterocycles. The Kier molecular flexibility index (Phi) is 5.26. The first-order valence-electron chi connectivity index (χ1n) is 10.5. The number of hydrogen-bond donors (Lipinski definition) is 2. The number of phenols is 1. The van der Waals surface area contributed by atoms with E-state index in [1.165, 1.54) is 0 Å². The van der Waals surface area contributed by atoms with Crippen molar-refractivity contribution in [2.45, 2.75) is 31.7 Å². The molecule has 2 aliphatic rings. The van der Waals surface area contributed by atoms with Crippen molar-refractivity contribution in [3.8, 4) is 17.2 Å². The van der Waals surface area contributed by atoms with Gasteiger partial charge in [0, 0.05) is 25.4 Å². The fraction of sp³-hybridized carbons (Fsp3) is 0.304. The third-order valence-corrected chi connectivity index (χ3v) is 6.61. The van der Waals surface area contributed by atoms with Crippen LogP contribution in [0.15, 0.2) is 42.5 Å². The molecule has 5 rings (SSSR count). The predicted molar refractivity (Wildman–Crippen MR) is 118 cm³/mol. The minimum absolute atomic E-state index is 0.0428. The molecule has 2 aromatic carbocycles. The Morgan fingerprint density at radius 3 is 2.88 bits per heavy atom. The van der Waals surface area contributed by atoms with Crippen LogP contribution in [0.4, 0.5) is 0 Å². The molecule has 1 aromatic heterocycles. The molecule has 4 bridgehead atoms. The highest BCUT2D eigenvalue weighted by molar-refractivity contribution is 6.99. The Bertz CT molecular complexity index is 1190. The lowest BCUT2D eigenvalue weighted by atomic mass is 9.94. The van der Waals surface area contributed by atoms with Crippen LogP contribution >= 0.6 is 11.7 Å². The second-order valence-corrected chi connectivity index (χ2v) is 8.69. The summed E-state index contributed by atoms with van der Waals surface area (Å²) in [5.74, 6) is 0.629. The number of nitrogens with one attached hydrogen (secondary N) is 1. The standard InChI is InChI=1S/C23H22N4O4S/c1-13-22(26-32-25-13)23(30)27-11-17-15-3-2-4-16(10-15)31-20-9-14(5-7-19(20)28)6-8-21(29)24-18(17)12-27/h2-5,7,9-10,17-18,28H,6,8,11-12H2,1H3,(H,24,29)/t17-,18+/m0/s1. The third-order valence-electron chi connectivity index (χ3n) is 5.99. The van der Waals surface area contributed by atoms with E-state index in [0.717, 1.165) is 22.9 Å². The van der Waals surface area contributed by atoms with Crippen LogP contribution < -0.4 is 10.1 Å². The number of nitrogens with zero attached hydrogens (tertiary/aromatic N) is 3. The van der Waals surface area contributed by atoms with E-state index in [2.05, 4.69) is 14.1 Å². The highest BCUT2D eigenvalue weighted by Gasteiger charge is 2.38. The van der Waals surface area contributed by atoms with Crippen molar-refractivity contribution >= 4 is 23.5 Å². The lowest BCUT2D eigenvalue weighted by Crippen LogP contribution is -2.40. The number of likely N-dealkylation sites (tertiary alicyclic amines) is 1. The fourth-order valence-electron chi connectivity index (χ4n) is 4.30. The molecular formula is C23H22N4O4S. The molecule has 2 N–H and O–H groups in total. The molecule has 3 aromatic rings. The monoisotopic (exact) mass is 450 g/mol. The van der Waals surface area contributed by atoms with Gasteiger partial charge in [0.1, 0.15) is 5.75 Å². The van der Waals surface area contributed by atoms with Gasteiger partial charge in [0.2, 0.25) is 5.91 Å². The molecule has 0 spiro atoms. The minimum atomic E-state index is -0.231. The number of hydrogen-bond acceptors (Lipinski definition) is 7. The van der Waals surface area contributed by atoms with Crippen LogP contribution in [0.5, 0.6) is 17.2 Å². The van der Waals surface area contributed by atoms with Crippen molar-refractivity contribution in [3.05, 3.63) is 65.0 Å². The van der Waals surface area contributed by atoms with E-state index >= 15 is 0 Å². The summed E-state index contributed by atoms with van der Waals surface area (Å²) in [7, 11) is 0. The van der Waals surface area contributed by atoms with Crippen molar-refractivity contribution in [2.75, 3.05) is 13.1 Å². The van der Waals surface area contributed by atoms with E-state index in [4.69, 9.17) is 4.74 Å². The van der Waals surface area contributed by atoms with Gasteiger partial charge in [-0.25, -0.2) is 0 Å². The molecule has 164 valence electrons. The highest BCUT2D eigenvalue weighted by atomic mass is 32.1.